The molecule has 0 N–H and O–H groups in total. The number of hydrogen-bond donors (Lipinski definition) is 0. The third kappa shape index (κ3) is 8.85. The summed E-state index contributed by atoms with van der Waals surface area (Å²) in [5, 5.41) is 8.81. The third-order valence-electron chi connectivity index (χ3n) is 15.1. The van der Waals surface area contributed by atoms with E-state index in [0.29, 0.717) is 16.7 Å². The first-order valence-electron chi connectivity index (χ1n) is 22.0. The lowest BCUT2D eigenvalue weighted by atomic mass is 9.47. The summed E-state index contributed by atoms with van der Waals surface area (Å²) in [5.74, 6) is 5.64. The van der Waals surface area contributed by atoms with Crippen molar-refractivity contribution in [2.75, 3.05) is 26.2 Å². The first-order chi connectivity index (χ1) is 26.1. The van der Waals surface area contributed by atoms with E-state index in [4.69, 9.17) is 9.47 Å². The minimum Gasteiger partial charge on any atom is -0.494 e. The van der Waals surface area contributed by atoms with Crippen molar-refractivity contribution in [1.82, 2.24) is 4.90 Å². The van der Waals surface area contributed by atoms with Crippen LogP contribution in [0.4, 0.5) is 11.4 Å². The molecule has 0 aromatic heterocycles. The van der Waals surface area contributed by atoms with Gasteiger partial charge >= 0.3 is 5.97 Å². The third-order valence-corrected chi connectivity index (χ3v) is 15.1. The summed E-state index contributed by atoms with van der Waals surface area (Å²) in [5.41, 5.74) is 4.37. The number of unbranched alkanes of at least 4 members (excludes halogenated alkanes) is 1. The fourth-order valence-corrected chi connectivity index (χ4v) is 12.0. The highest BCUT2D eigenvalue weighted by molar-refractivity contribution is 5.89. The van der Waals surface area contributed by atoms with Gasteiger partial charge in [-0.3, -0.25) is 0 Å². The van der Waals surface area contributed by atoms with Crippen LogP contribution < -0.4 is 4.74 Å². The molecule has 1 aliphatic heterocycles. The van der Waals surface area contributed by atoms with Gasteiger partial charge in [-0.1, -0.05) is 65.5 Å². The number of nitrogens with zero attached hydrogens (tertiary/aromatic N) is 3. The van der Waals surface area contributed by atoms with Gasteiger partial charge in [-0.15, -0.1) is 0 Å². The van der Waals surface area contributed by atoms with Crippen molar-refractivity contribution in [2.45, 2.75) is 137 Å². The number of ether oxygens (including phenoxy) is 2. The zero-order valence-corrected chi connectivity index (χ0v) is 34.2. The van der Waals surface area contributed by atoms with Gasteiger partial charge in [-0.2, -0.15) is 10.2 Å². The molecule has 0 bridgehead atoms. The summed E-state index contributed by atoms with van der Waals surface area (Å²) in [6, 6.07) is 15.1. The lowest BCUT2D eigenvalue weighted by Gasteiger charge is -2.58. The maximum absolute atomic E-state index is 13.3. The highest BCUT2D eigenvalue weighted by atomic mass is 16.5. The average Bonchev–Trinajstić information content (AvgIpc) is 3.82. The molecule has 54 heavy (non-hydrogen) atoms. The fourth-order valence-electron chi connectivity index (χ4n) is 12.0. The standard InChI is InChI=1S/C48H69N3O3/c1-34(2)11-10-12-35(3)43-23-24-44-42-22-15-37-33-41(25-27-47(37,4)45(42)26-28-48(43,44)5)54-46(52)36-13-16-38(17-14-36)49-50-39-18-20-40(21-19-39)53-32-9-8-31-51-29-6-7-30-51/h13-21,34-35,41-45H,6-12,22-33H2,1-5H3. The van der Waals surface area contributed by atoms with E-state index in [0.717, 1.165) is 79.2 Å². The number of azo groups is 1. The van der Waals surface area contributed by atoms with E-state index >= 15 is 0 Å². The summed E-state index contributed by atoms with van der Waals surface area (Å²) in [4.78, 5) is 15.9. The Hall–Kier alpha value is -2.99. The first kappa shape index (κ1) is 39.3. The van der Waals surface area contributed by atoms with Gasteiger partial charge in [0, 0.05) is 6.42 Å². The van der Waals surface area contributed by atoms with Crippen LogP contribution in [-0.2, 0) is 4.74 Å². The highest BCUT2D eigenvalue weighted by Crippen LogP contribution is 2.67. The van der Waals surface area contributed by atoms with Crippen LogP contribution in [-0.4, -0.2) is 43.2 Å². The van der Waals surface area contributed by atoms with E-state index in [1.165, 1.54) is 90.3 Å². The van der Waals surface area contributed by atoms with Crippen molar-refractivity contribution in [3.63, 3.8) is 0 Å². The summed E-state index contributed by atoms with van der Waals surface area (Å²) < 4.78 is 12.1. The normalized spacial score (nSPS) is 31.5. The van der Waals surface area contributed by atoms with Crippen molar-refractivity contribution in [2.24, 2.45) is 56.6 Å². The maximum atomic E-state index is 13.3. The van der Waals surface area contributed by atoms with E-state index in [9.17, 15) is 4.79 Å². The second-order valence-corrected chi connectivity index (χ2v) is 18.9. The van der Waals surface area contributed by atoms with Gasteiger partial charge in [-0.05, 0) is 185 Å². The largest absolute Gasteiger partial charge is 0.494 e. The molecule has 8 unspecified atom stereocenters. The fraction of sp³-hybridized carbons (Fsp3) is 0.688. The van der Waals surface area contributed by atoms with E-state index in [2.05, 4.69) is 55.8 Å². The maximum Gasteiger partial charge on any atom is 0.338 e. The second-order valence-electron chi connectivity index (χ2n) is 18.9. The SMILES string of the molecule is CC(C)CCCC(C)C1CCC2C3CC=C4CC(OC(=O)c5ccc(N=Nc6ccc(OCCCCN7CCCC7)cc6)cc5)CCC4(C)C3CCC12C. The van der Waals surface area contributed by atoms with Crippen molar-refractivity contribution in [1.29, 1.82) is 0 Å². The van der Waals surface area contributed by atoms with E-state index < -0.39 is 0 Å². The van der Waals surface area contributed by atoms with Crippen LogP contribution in [0.25, 0.3) is 0 Å². The van der Waals surface area contributed by atoms with Crippen molar-refractivity contribution >= 4 is 17.3 Å². The molecule has 6 nitrogen and oxygen atoms in total. The predicted octanol–water partition coefficient (Wildman–Crippen LogP) is 12.9. The van der Waals surface area contributed by atoms with E-state index in [1.54, 1.807) is 5.57 Å². The van der Waals surface area contributed by atoms with Crippen LogP contribution in [0, 0.1) is 46.3 Å². The molecular formula is C48H69N3O3. The van der Waals surface area contributed by atoms with Gasteiger partial charge in [0.2, 0.25) is 0 Å². The van der Waals surface area contributed by atoms with Crippen LogP contribution in [0.3, 0.4) is 0 Å². The Bertz CT molecular complexity index is 1590. The smallest absolute Gasteiger partial charge is 0.338 e. The number of benzene rings is 2. The van der Waals surface area contributed by atoms with Gasteiger partial charge in [0.25, 0.3) is 0 Å². The molecule has 5 aliphatic rings. The van der Waals surface area contributed by atoms with Crippen LogP contribution in [0.15, 0.2) is 70.4 Å². The molecule has 7 rings (SSSR count). The van der Waals surface area contributed by atoms with Crippen molar-refractivity contribution < 1.29 is 14.3 Å². The molecule has 8 atom stereocenters. The molecule has 4 aliphatic carbocycles. The van der Waals surface area contributed by atoms with Gasteiger partial charge in [0.15, 0.2) is 0 Å². The van der Waals surface area contributed by atoms with Gasteiger partial charge in [0.1, 0.15) is 11.9 Å². The zero-order valence-electron chi connectivity index (χ0n) is 34.2. The molecule has 0 amide bonds. The minimum absolute atomic E-state index is 0.0500. The Morgan fingerprint density at radius 3 is 2.28 bits per heavy atom. The summed E-state index contributed by atoms with van der Waals surface area (Å²) >= 11 is 0. The zero-order chi connectivity index (χ0) is 37.7. The number of fused-ring (bicyclic) bond motifs is 5. The van der Waals surface area contributed by atoms with Gasteiger partial charge < -0.3 is 14.4 Å². The van der Waals surface area contributed by atoms with Gasteiger partial charge in [0.05, 0.1) is 23.5 Å². The number of rotatable bonds is 15. The molecule has 1 saturated heterocycles. The molecular weight excluding hydrogens is 667 g/mol. The molecule has 6 heteroatoms. The Balaban J connectivity index is 0.873. The molecule has 0 spiro atoms. The summed E-state index contributed by atoms with van der Waals surface area (Å²) in [7, 11) is 0. The molecule has 3 saturated carbocycles. The first-order valence-corrected chi connectivity index (χ1v) is 22.0. The molecule has 294 valence electrons. The number of carbonyl (C=O) groups is 1. The number of carbonyl (C=O) groups excluding carboxylic acids is 1. The van der Waals surface area contributed by atoms with Crippen LogP contribution >= 0.6 is 0 Å². The molecule has 1 heterocycles. The lowest BCUT2D eigenvalue weighted by molar-refractivity contribution is -0.0594. The minimum atomic E-state index is -0.235. The number of likely N-dealkylation sites (tertiary alicyclic amines) is 1. The second kappa shape index (κ2) is 17.4. The summed E-state index contributed by atoms with van der Waals surface area (Å²) in [6.45, 7) is 17.0. The van der Waals surface area contributed by atoms with Crippen LogP contribution in [0.5, 0.6) is 5.75 Å². The highest BCUT2D eigenvalue weighted by Gasteiger charge is 2.59. The lowest BCUT2D eigenvalue weighted by Crippen LogP contribution is -2.51. The molecule has 0 radical (unpaired) electrons. The van der Waals surface area contributed by atoms with Crippen LogP contribution in [0.1, 0.15) is 141 Å². The molecule has 2 aromatic carbocycles. The van der Waals surface area contributed by atoms with E-state index in [1.807, 2.05) is 48.5 Å². The Morgan fingerprint density at radius 1 is 0.833 bits per heavy atom. The Morgan fingerprint density at radius 2 is 1.56 bits per heavy atom. The number of esters is 1. The van der Waals surface area contributed by atoms with Crippen molar-refractivity contribution in [3.8, 4) is 5.75 Å². The number of hydrogen-bond acceptors (Lipinski definition) is 6. The number of allylic oxidation sites excluding steroid dienone is 1. The monoisotopic (exact) mass is 736 g/mol. The Labute approximate surface area is 327 Å². The molecule has 4 fully saturated rings. The quantitative estimate of drug-likeness (QED) is 0.0791. The molecule has 2 aromatic rings. The topological polar surface area (TPSA) is 63.5 Å². The average molecular weight is 736 g/mol. The predicted molar refractivity (Wildman–Crippen MR) is 220 cm³/mol. The van der Waals surface area contributed by atoms with E-state index in [-0.39, 0.29) is 17.5 Å². The van der Waals surface area contributed by atoms with Crippen LogP contribution in [0.2, 0.25) is 0 Å². The Kier molecular flexibility index (Phi) is 12.7. The summed E-state index contributed by atoms with van der Waals surface area (Å²) in [6.07, 6.45) is 21.5. The van der Waals surface area contributed by atoms with Crippen molar-refractivity contribution in [3.05, 3.63) is 65.7 Å². The van der Waals surface area contributed by atoms with Gasteiger partial charge in [-0.25, -0.2) is 4.79 Å².